The zero-order valence-electron chi connectivity index (χ0n) is 9.25. The van der Waals surface area contributed by atoms with E-state index in [1.807, 2.05) is 0 Å². The zero-order chi connectivity index (χ0) is 10.7. The molecular formula is C13H18BrN. The SMILES string of the molecule is Cc1ccccc1CN1CCC(Br)CC1. The normalized spacial score (nSPS) is 19.3. The predicted octanol–water partition coefficient (Wildman–Crippen LogP) is 3.35. The highest BCUT2D eigenvalue weighted by molar-refractivity contribution is 9.09. The van der Waals surface area contributed by atoms with E-state index in [9.17, 15) is 0 Å². The summed E-state index contributed by atoms with van der Waals surface area (Å²) in [4.78, 5) is 3.30. The molecule has 1 saturated heterocycles. The first-order valence-corrected chi connectivity index (χ1v) is 6.58. The van der Waals surface area contributed by atoms with Crippen LogP contribution in [0.1, 0.15) is 24.0 Å². The average molecular weight is 268 g/mol. The summed E-state index contributed by atoms with van der Waals surface area (Å²) in [5.41, 5.74) is 2.89. The van der Waals surface area contributed by atoms with Gasteiger partial charge in [-0.3, -0.25) is 4.90 Å². The first-order chi connectivity index (χ1) is 7.25. The molecule has 2 rings (SSSR count). The van der Waals surface area contributed by atoms with E-state index >= 15 is 0 Å². The summed E-state index contributed by atoms with van der Waals surface area (Å²) >= 11 is 3.69. The van der Waals surface area contributed by atoms with Crippen molar-refractivity contribution < 1.29 is 0 Å². The molecule has 0 bridgehead atoms. The minimum absolute atomic E-state index is 0.741. The molecule has 82 valence electrons. The molecule has 1 fully saturated rings. The number of nitrogens with zero attached hydrogens (tertiary/aromatic N) is 1. The number of hydrogen-bond donors (Lipinski definition) is 0. The molecule has 1 aromatic rings. The molecule has 0 unspecified atom stereocenters. The number of benzene rings is 1. The van der Waals surface area contributed by atoms with Gasteiger partial charge in [0.05, 0.1) is 0 Å². The Morgan fingerprint density at radius 1 is 1.27 bits per heavy atom. The van der Waals surface area contributed by atoms with Gasteiger partial charge in [0.25, 0.3) is 0 Å². The fourth-order valence-electron chi connectivity index (χ4n) is 2.09. The van der Waals surface area contributed by atoms with Gasteiger partial charge in [0.2, 0.25) is 0 Å². The van der Waals surface area contributed by atoms with E-state index in [2.05, 4.69) is 52.0 Å². The van der Waals surface area contributed by atoms with Gasteiger partial charge in [0.1, 0.15) is 0 Å². The second kappa shape index (κ2) is 5.13. The highest BCUT2D eigenvalue weighted by Gasteiger charge is 2.16. The van der Waals surface area contributed by atoms with E-state index in [1.165, 1.54) is 37.1 Å². The number of piperidine rings is 1. The Kier molecular flexibility index (Phi) is 3.81. The maximum atomic E-state index is 3.69. The fraction of sp³-hybridized carbons (Fsp3) is 0.538. The Balaban J connectivity index is 1.95. The molecule has 1 heterocycles. The van der Waals surface area contributed by atoms with E-state index < -0.39 is 0 Å². The van der Waals surface area contributed by atoms with E-state index in [0.717, 1.165) is 11.4 Å². The van der Waals surface area contributed by atoms with E-state index in [4.69, 9.17) is 0 Å². The summed E-state index contributed by atoms with van der Waals surface area (Å²) in [6.45, 7) is 5.77. The van der Waals surface area contributed by atoms with Crippen molar-refractivity contribution in [3.8, 4) is 0 Å². The Morgan fingerprint density at radius 3 is 2.60 bits per heavy atom. The first-order valence-electron chi connectivity index (χ1n) is 5.66. The molecule has 0 radical (unpaired) electrons. The van der Waals surface area contributed by atoms with Crippen LogP contribution < -0.4 is 0 Å². The van der Waals surface area contributed by atoms with Crippen molar-refractivity contribution in [2.75, 3.05) is 13.1 Å². The van der Waals surface area contributed by atoms with Crippen LogP contribution in [0.4, 0.5) is 0 Å². The van der Waals surface area contributed by atoms with Crippen molar-refractivity contribution in [1.29, 1.82) is 0 Å². The molecule has 0 amide bonds. The van der Waals surface area contributed by atoms with Crippen LogP contribution >= 0.6 is 15.9 Å². The summed E-state index contributed by atoms with van der Waals surface area (Å²) in [6, 6.07) is 8.70. The monoisotopic (exact) mass is 267 g/mol. The molecule has 0 atom stereocenters. The van der Waals surface area contributed by atoms with Gasteiger partial charge in [-0.1, -0.05) is 40.2 Å². The third-order valence-electron chi connectivity index (χ3n) is 3.17. The van der Waals surface area contributed by atoms with Crippen molar-refractivity contribution in [3.05, 3.63) is 35.4 Å². The van der Waals surface area contributed by atoms with Crippen LogP contribution in [0.25, 0.3) is 0 Å². The summed E-state index contributed by atoms with van der Waals surface area (Å²) in [6.07, 6.45) is 2.57. The average Bonchev–Trinajstić information content (AvgIpc) is 2.25. The van der Waals surface area contributed by atoms with E-state index in [1.54, 1.807) is 0 Å². The van der Waals surface area contributed by atoms with Gasteiger partial charge in [-0.05, 0) is 44.0 Å². The summed E-state index contributed by atoms with van der Waals surface area (Å²) < 4.78 is 0. The zero-order valence-corrected chi connectivity index (χ0v) is 10.8. The minimum atomic E-state index is 0.741. The Bertz CT molecular complexity index is 316. The number of hydrogen-bond acceptors (Lipinski definition) is 1. The molecule has 0 aliphatic carbocycles. The third kappa shape index (κ3) is 3.05. The van der Waals surface area contributed by atoms with Gasteiger partial charge < -0.3 is 0 Å². The molecule has 1 aliphatic rings. The van der Waals surface area contributed by atoms with Gasteiger partial charge >= 0.3 is 0 Å². The molecule has 1 aliphatic heterocycles. The standard InChI is InChI=1S/C13H18BrN/c1-11-4-2-3-5-12(11)10-15-8-6-13(14)7-9-15/h2-5,13H,6-10H2,1H3. The quantitative estimate of drug-likeness (QED) is 0.743. The minimum Gasteiger partial charge on any atom is -0.299 e. The lowest BCUT2D eigenvalue weighted by atomic mass is 10.1. The van der Waals surface area contributed by atoms with Crippen LogP contribution in [0.3, 0.4) is 0 Å². The Hall–Kier alpha value is -0.340. The third-order valence-corrected chi connectivity index (χ3v) is 4.09. The highest BCUT2D eigenvalue weighted by Crippen LogP contribution is 2.19. The molecule has 15 heavy (non-hydrogen) atoms. The van der Waals surface area contributed by atoms with Crippen molar-refractivity contribution >= 4 is 15.9 Å². The Labute approximate surface area is 101 Å². The maximum absolute atomic E-state index is 3.69. The van der Waals surface area contributed by atoms with Crippen molar-refractivity contribution in [2.24, 2.45) is 0 Å². The van der Waals surface area contributed by atoms with Crippen molar-refractivity contribution in [3.63, 3.8) is 0 Å². The topological polar surface area (TPSA) is 3.24 Å². The highest BCUT2D eigenvalue weighted by atomic mass is 79.9. The number of halogens is 1. The summed E-state index contributed by atoms with van der Waals surface area (Å²) in [7, 11) is 0. The number of alkyl halides is 1. The van der Waals surface area contributed by atoms with Crippen molar-refractivity contribution in [2.45, 2.75) is 31.1 Å². The molecule has 0 aromatic heterocycles. The second-order valence-corrected chi connectivity index (χ2v) is 5.67. The maximum Gasteiger partial charge on any atom is 0.0236 e. The van der Waals surface area contributed by atoms with Crippen LogP contribution in [0.2, 0.25) is 0 Å². The lowest BCUT2D eigenvalue weighted by Gasteiger charge is -2.29. The Morgan fingerprint density at radius 2 is 1.93 bits per heavy atom. The smallest absolute Gasteiger partial charge is 0.0236 e. The lowest BCUT2D eigenvalue weighted by molar-refractivity contribution is 0.226. The lowest BCUT2D eigenvalue weighted by Crippen LogP contribution is -2.33. The second-order valence-electron chi connectivity index (χ2n) is 4.38. The number of likely N-dealkylation sites (tertiary alicyclic amines) is 1. The predicted molar refractivity (Wildman–Crippen MR) is 68.4 cm³/mol. The molecule has 0 saturated carbocycles. The molecule has 1 nitrogen and oxygen atoms in total. The van der Waals surface area contributed by atoms with E-state index in [0.29, 0.717) is 0 Å². The largest absolute Gasteiger partial charge is 0.299 e. The molecule has 0 N–H and O–H groups in total. The summed E-state index contributed by atoms with van der Waals surface area (Å²) in [5.74, 6) is 0. The van der Waals surface area contributed by atoms with Crippen LogP contribution in [0.5, 0.6) is 0 Å². The van der Waals surface area contributed by atoms with Crippen LogP contribution in [-0.2, 0) is 6.54 Å². The number of aryl methyl sites for hydroxylation is 1. The summed E-state index contributed by atoms with van der Waals surface area (Å²) in [5, 5.41) is 0. The number of rotatable bonds is 2. The van der Waals surface area contributed by atoms with Gasteiger partial charge in [-0.15, -0.1) is 0 Å². The molecule has 0 spiro atoms. The van der Waals surface area contributed by atoms with E-state index in [-0.39, 0.29) is 0 Å². The van der Waals surface area contributed by atoms with Gasteiger partial charge in [-0.2, -0.15) is 0 Å². The molecule has 1 aromatic carbocycles. The van der Waals surface area contributed by atoms with Crippen LogP contribution in [0, 0.1) is 6.92 Å². The van der Waals surface area contributed by atoms with Gasteiger partial charge in [0, 0.05) is 11.4 Å². The fourth-order valence-corrected chi connectivity index (χ4v) is 2.50. The van der Waals surface area contributed by atoms with Crippen LogP contribution in [0.15, 0.2) is 24.3 Å². The van der Waals surface area contributed by atoms with Crippen LogP contribution in [-0.4, -0.2) is 22.8 Å². The van der Waals surface area contributed by atoms with Gasteiger partial charge in [0.15, 0.2) is 0 Å². The molecule has 2 heteroatoms. The van der Waals surface area contributed by atoms with Crippen molar-refractivity contribution in [1.82, 2.24) is 4.90 Å². The first kappa shape index (κ1) is 11.2. The molecular weight excluding hydrogens is 250 g/mol. The van der Waals surface area contributed by atoms with Gasteiger partial charge in [-0.25, -0.2) is 0 Å².